The Kier molecular flexibility index (Phi) is 6.98. The van der Waals surface area contributed by atoms with Crippen LogP contribution in [0.15, 0.2) is 197 Å². The third-order valence-electron chi connectivity index (χ3n) is 12.5. The van der Waals surface area contributed by atoms with Crippen molar-refractivity contribution in [1.29, 1.82) is 0 Å². The number of fused-ring (bicyclic) bond motifs is 10. The Morgan fingerprint density at radius 2 is 1.03 bits per heavy atom. The molecule has 0 fully saturated rings. The zero-order valence-electron chi connectivity index (χ0n) is 32.2. The average Bonchev–Trinajstić information content (AvgIpc) is 3.91. The highest BCUT2D eigenvalue weighted by molar-refractivity contribution is 6.23. The molecule has 0 radical (unpaired) electrons. The highest BCUT2D eigenvalue weighted by Crippen LogP contribution is 2.53. The number of nitrogens with zero attached hydrogens (tertiary/aromatic N) is 1. The van der Waals surface area contributed by atoms with Crippen LogP contribution < -0.4 is 4.90 Å². The maximum absolute atomic E-state index is 7.37. The lowest BCUT2D eigenvalue weighted by atomic mass is 9.82. The summed E-state index contributed by atoms with van der Waals surface area (Å²) in [6.07, 6.45) is 0. The molecule has 0 N–H and O–H groups in total. The van der Waals surface area contributed by atoms with Crippen LogP contribution in [0.4, 0.5) is 17.1 Å². The van der Waals surface area contributed by atoms with Gasteiger partial charge in [-0.25, -0.2) is 0 Å². The second-order valence-electron chi connectivity index (χ2n) is 16.0. The minimum atomic E-state index is -0.162. The van der Waals surface area contributed by atoms with Crippen molar-refractivity contribution >= 4 is 71.7 Å². The van der Waals surface area contributed by atoms with Crippen LogP contribution in [0.5, 0.6) is 0 Å². The van der Waals surface area contributed by atoms with E-state index in [0.29, 0.717) is 0 Å². The quantitative estimate of drug-likeness (QED) is 0.176. The second-order valence-corrected chi connectivity index (χ2v) is 16.0. The molecule has 0 unspecified atom stereocenters. The standard InChI is InChI=1S/C55H37NO2/c1-55(2)46-26-11-8-21-39(46)40-31-30-36(33-47(40)55)56(48-27-12-9-19-37(48)34-16-4-3-5-17-34)49-28-15-24-43-45-32-35-18-6-7-20-38(35)51(54(45)58-53(43)49)44-25-14-23-42-41-22-10-13-29-50(41)57-52(42)44/h3-33H,1-2H3. The largest absolute Gasteiger partial charge is 0.455 e. The highest BCUT2D eigenvalue weighted by Gasteiger charge is 2.36. The molecule has 0 saturated carbocycles. The molecule has 274 valence electrons. The summed E-state index contributed by atoms with van der Waals surface area (Å²) in [5.74, 6) is 0. The van der Waals surface area contributed by atoms with Crippen LogP contribution in [-0.2, 0) is 5.41 Å². The van der Waals surface area contributed by atoms with Crippen LogP contribution in [0.2, 0.25) is 0 Å². The van der Waals surface area contributed by atoms with E-state index in [0.717, 1.165) is 94.0 Å². The predicted octanol–water partition coefficient (Wildman–Crippen LogP) is 15.7. The van der Waals surface area contributed by atoms with E-state index in [1.807, 2.05) is 12.1 Å². The number of hydrogen-bond donors (Lipinski definition) is 0. The van der Waals surface area contributed by atoms with Crippen molar-refractivity contribution in [2.75, 3.05) is 4.90 Å². The zero-order valence-corrected chi connectivity index (χ0v) is 32.2. The smallest absolute Gasteiger partial charge is 0.159 e. The van der Waals surface area contributed by atoms with Crippen molar-refractivity contribution in [3.63, 3.8) is 0 Å². The molecule has 0 aliphatic heterocycles. The molecule has 11 aromatic rings. The van der Waals surface area contributed by atoms with E-state index in [1.165, 1.54) is 22.3 Å². The molecule has 2 aromatic heterocycles. The van der Waals surface area contributed by atoms with Crippen molar-refractivity contribution in [2.45, 2.75) is 19.3 Å². The molecule has 12 rings (SSSR count). The SMILES string of the molecule is CC1(C)c2ccccc2-c2ccc(N(c3ccccc3-c3ccccc3)c3cccc4c3oc3c(-c5cccc6c5oc5ccccc56)c5ccccc5cc34)cc21. The average molecular weight is 744 g/mol. The summed E-state index contributed by atoms with van der Waals surface area (Å²) in [6, 6.07) is 67.5. The molecule has 58 heavy (non-hydrogen) atoms. The van der Waals surface area contributed by atoms with Gasteiger partial charge in [0.1, 0.15) is 16.7 Å². The molecule has 0 spiro atoms. The number of furan rings is 2. The van der Waals surface area contributed by atoms with Gasteiger partial charge in [-0.15, -0.1) is 0 Å². The molecule has 0 bridgehead atoms. The van der Waals surface area contributed by atoms with Gasteiger partial charge in [-0.3, -0.25) is 0 Å². The van der Waals surface area contributed by atoms with E-state index in [2.05, 4.69) is 195 Å². The molecule has 3 nitrogen and oxygen atoms in total. The van der Waals surface area contributed by atoms with Crippen molar-refractivity contribution in [3.8, 4) is 33.4 Å². The Morgan fingerprint density at radius 1 is 0.397 bits per heavy atom. The minimum absolute atomic E-state index is 0.162. The van der Waals surface area contributed by atoms with Gasteiger partial charge in [-0.1, -0.05) is 166 Å². The van der Waals surface area contributed by atoms with Gasteiger partial charge in [-0.2, -0.15) is 0 Å². The molecular formula is C55H37NO2. The summed E-state index contributed by atoms with van der Waals surface area (Å²) in [7, 11) is 0. The number of anilines is 3. The first-order chi connectivity index (χ1) is 28.5. The fraction of sp³-hybridized carbons (Fsp3) is 0.0545. The summed E-state index contributed by atoms with van der Waals surface area (Å²) in [6.45, 7) is 4.69. The Hall–Kier alpha value is -7.36. The summed E-state index contributed by atoms with van der Waals surface area (Å²) >= 11 is 0. The van der Waals surface area contributed by atoms with Gasteiger partial charge in [-0.05, 0) is 75.0 Å². The van der Waals surface area contributed by atoms with Crippen LogP contribution in [0.3, 0.4) is 0 Å². The maximum atomic E-state index is 7.37. The first kappa shape index (κ1) is 32.8. The van der Waals surface area contributed by atoms with E-state index >= 15 is 0 Å². The van der Waals surface area contributed by atoms with Gasteiger partial charge >= 0.3 is 0 Å². The third kappa shape index (κ3) is 4.68. The lowest BCUT2D eigenvalue weighted by Gasteiger charge is -2.29. The van der Waals surface area contributed by atoms with Gasteiger partial charge in [0.2, 0.25) is 0 Å². The van der Waals surface area contributed by atoms with E-state index < -0.39 is 0 Å². The van der Waals surface area contributed by atoms with E-state index in [4.69, 9.17) is 8.83 Å². The first-order valence-corrected chi connectivity index (χ1v) is 20.0. The summed E-state index contributed by atoms with van der Waals surface area (Å²) in [5.41, 5.74) is 16.0. The molecule has 0 atom stereocenters. The molecule has 3 heteroatoms. The van der Waals surface area contributed by atoms with Crippen molar-refractivity contribution in [1.82, 2.24) is 0 Å². The minimum Gasteiger partial charge on any atom is -0.455 e. The fourth-order valence-corrected chi connectivity index (χ4v) is 9.74. The Morgan fingerprint density at radius 3 is 1.91 bits per heavy atom. The number of hydrogen-bond acceptors (Lipinski definition) is 3. The zero-order chi connectivity index (χ0) is 38.5. The number of para-hydroxylation sites is 4. The molecule has 0 saturated heterocycles. The van der Waals surface area contributed by atoms with Gasteiger partial charge in [0.25, 0.3) is 0 Å². The molecular weight excluding hydrogens is 707 g/mol. The monoisotopic (exact) mass is 743 g/mol. The lowest BCUT2D eigenvalue weighted by Crippen LogP contribution is -2.17. The molecule has 1 aliphatic rings. The summed E-state index contributed by atoms with van der Waals surface area (Å²) < 4.78 is 14.0. The summed E-state index contributed by atoms with van der Waals surface area (Å²) in [4.78, 5) is 2.41. The summed E-state index contributed by atoms with van der Waals surface area (Å²) in [5, 5.41) is 6.61. The van der Waals surface area contributed by atoms with Gasteiger partial charge in [0.15, 0.2) is 5.58 Å². The third-order valence-corrected chi connectivity index (χ3v) is 12.5. The maximum Gasteiger partial charge on any atom is 0.159 e. The van der Waals surface area contributed by atoms with E-state index in [9.17, 15) is 0 Å². The second kappa shape index (κ2) is 12.3. The molecule has 1 aliphatic carbocycles. The topological polar surface area (TPSA) is 29.5 Å². The van der Waals surface area contributed by atoms with Crippen LogP contribution in [0.1, 0.15) is 25.0 Å². The van der Waals surface area contributed by atoms with Crippen molar-refractivity contribution in [3.05, 3.63) is 199 Å². The molecule has 0 amide bonds. The van der Waals surface area contributed by atoms with Crippen molar-refractivity contribution in [2.24, 2.45) is 0 Å². The van der Waals surface area contributed by atoms with Crippen LogP contribution >= 0.6 is 0 Å². The van der Waals surface area contributed by atoms with Gasteiger partial charge < -0.3 is 13.7 Å². The van der Waals surface area contributed by atoms with Crippen LogP contribution in [0.25, 0.3) is 88.0 Å². The van der Waals surface area contributed by atoms with Gasteiger partial charge in [0.05, 0.1) is 11.4 Å². The van der Waals surface area contributed by atoms with E-state index in [-0.39, 0.29) is 5.41 Å². The normalized spacial score (nSPS) is 13.1. The van der Waals surface area contributed by atoms with Gasteiger partial charge in [0, 0.05) is 49.3 Å². The van der Waals surface area contributed by atoms with Crippen LogP contribution in [0, 0.1) is 0 Å². The molecule has 9 aromatic carbocycles. The predicted molar refractivity (Wildman–Crippen MR) is 242 cm³/mol. The Balaban J connectivity index is 1.16. The molecule has 2 heterocycles. The highest BCUT2D eigenvalue weighted by atomic mass is 16.3. The Bertz CT molecular complexity index is 3440. The van der Waals surface area contributed by atoms with E-state index in [1.54, 1.807) is 0 Å². The number of rotatable bonds is 5. The fourth-order valence-electron chi connectivity index (χ4n) is 9.74. The Labute approximate surface area is 336 Å². The van der Waals surface area contributed by atoms with Crippen molar-refractivity contribution < 1.29 is 8.83 Å². The number of benzene rings is 9. The van der Waals surface area contributed by atoms with Crippen LogP contribution in [-0.4, -0.2) is 0 Å². The first-order valence-electron chi connectivity index (χ1n) is 20.0. The lowest BCUT2D eigenvalue weighted by molar-refractivity contribution is 0.660.